The number of aryl methyl sites for hydroxylation is 1. The van der Waals surface area contributed by atoms with Gasteiger partial charge in [0.25, 0.3) is 11.1 Å². The average molecular weight is 394 g/mol. The fourth-order valence-electron chi connectivity index (χ4n) is 1.81. The maximum atomic E-state index is 12.0. The molecular formula is C15H12BrN3O3S. The second-order valence-corrected chi connectivity index (χ2v) is 6.43. The molecule has 8 heteroatoms. The van der Waals surface area contributed by atoms with E-state index >= 15 is 0 Å². The van der Waals surface area contributed by atoms with Crippen molar-refractivity contribution in [1.82, 2.24) is 10.2 Å². The van der Waals surface area contributed by atoms with Gasteiger partial charge in [0.1, 0.15) is 0 Å². The summed E-state index contributed by atoms with van der Waals surface area (Å²) < 4.78 is 11.6. The highest BCUT2D eigenvalue weighted by Gasteiger charge is 2.13. The number of rotatable bonds is 5. The molecule has 3 rings (SSSR count). The minimum absolute atomic E-state index is 0.144. The number of benzene rings is 1. The Morgan fingerprint density at radius 1 is 1.35 bits per heavy atom. The Morgan fingerprint density at radius 3 is 2.96 bits per heavy atom. The minimum atomic E-state index is -0.144. The number of furan rings is 1. The molecule has 0 aliphatic heterocycles. The van der Waals surface area contributed by atoms with Crippen LogP contribution in [0.5, 0.6) is 0 Å². The number of carbonyl (C=O) groups is 1. The first-order valence-corrected chi connectivity index (χ1v) is 8.46. The number of thioether (sulfide) groups is 1. The van der Waals surface area contributed by atoms with Gasteiger partial charge >= 0.3 is 0 Å². The van der Waals surface area contributed by atoms with Gasteiger partial charge in [0, 0.05) is 10.2 Å². The van der Waals surface area contributed by atoms with Gasteiger partial charge in [0.05, 0.1) is 12.0 Å². The lowest BCUT2D eigenvalue weighted by molar-refractivity contribution is -0.113. The lowest BCUT2D eigenvalue weighted by atomic mass is 10.2. The zero-order chi connectivity index (χ0) is 16.2. The lowest BCUT2D eigenvalue weighted by Gasteiger charge is -2.06. The SMILES string of the molecule is Cc1cc(NC(=O)CSc2nnc(-c3ccco3)o2)ccc1Br. The number of halogens is 1. The molecule has 0 aliphatic carbocycles. The van der Waals surface area contributed by atoms with Crippen molar-refractivity contribution in [2.24, 2.45) is 0 Å². The number of anilines is 1. The van der Waals surface area contributed by atoms with Crippen LogP contribution in [0, 0.1) is 6.92 Å². The quantitative estimate of drug-likeness (QED) is 0.656. The molecule has 0 spiro atoms. The van der Waals surface area contributed by atoms with Crippen LogP contribution in [0.3, 0.4) is 0 Å². The highest BCUT2D eigenvalue weighted by molar-refractivity contribution is 9.10. The van der Waals surface area contributed by atoms with Crippen LogP contribution in [0.2, 0.25) is 0 Å². The van der Waals surface area contributed by atoms with Crippen LogP contribution in [0.1, 0.15) is 5.56 Å². The molecule has 2 aromatic heterocycles. The molecule has 1 aromatic carbocycles. The van der Waals surface area contributed by atoms with E-state index in [9.17, 15) is 4.79 Å². The Hall–Kier alpha value is -2.06. The minimum Gasteiger partial charge on any atom is -0.459 e. The molecule has 0 saturated carbocycles. The zero-order valence-corrected chi connectivity index (χ0v) is 14.5. The van der Waals surface area contributed by atoms with Crippen LogP contribution in [-0.4, -0.2) is 21.9 Å². The molecule has 0 unspecified atom stereocenters. The summed E-state index contributed by atoms with van der Waals surface area (Å²) in [5.41, 5.74) is 1.80. The summed E-state index contributed by atoms with van der Waals surface area (Å²) in [6.45, 7) is 1.96. The molecule has 0 saturated heterocycles. The van der Waals surface area contributed by atoms with Crippen molar-refractivity contribution in [2.45, 2.75) is 12.1 Å². The predicted molar refractivity (Wildman–Crippen MR) is 90.2 cm³/mol. The van der Waals surface area contributed by atoms with E-state index in [-0.39, 0.29) is 11.7 Å². The normalized spacial score (nSPS) is 10.7. The van der Waals surface area contributed by atoms with Gasteiger partial charge in [0.2, 0.25) is 5.91 Å². The highest BCUT2D eigenvalue weighted by atomic mass is 79.9. The lowest BCUT2D eigenvalue weighted by Crippen LogP contribution is -2.14. The molecule has 0 radical (unpaired) electrons. The largest absolute Gasteiger partial charge is 0.459 e. The highest BCUT2D eigenvalue weighted by Crippen LogP contribution is 2.24. The first kappa shape index (κ1) is 15.8. The summed E-state index contributed by atoms with van der Waals surface area (Å²) >= 11 is 4.59. The first-order chi connectivity index (χ1) is 11.1. The average Bonchev–Trinajstić information content (AvgIpc) is 3.19. The van der Waals surface area contributed by atoms with Gasteiger partial charge in [-0.2, -0.15) is 0 Å². The van der Waals surface area contributed by atoms with Gasteiger partial charge in [-0.1, -0.05) is 27.7 Å². The Labute approximate surface area is 144 Å². The van der Waals surface area contributed by atoms with E-state index in [1.54, 1.807) is 12.1 Å². The van der Waals surface area contributed by atoms with E-state index in [4.69, 9.17) is 8.83 Å². The Bertz CT molecular complexity index is 817. The molecule has 1 N–H and O–H groups in total. The molecule has 2 heterocycles. The van der Waals surface area contributed by atoms with Crippen LogP contribution in [0.15, 0.2) is 55.1 Å². The van der Waals surface area contributed by atoms with Gasteiger partial charge < -0.3 is 14.2 Å². The fraction of sp³-hybridized carbons (Fsp3) is 0.133. The molecule has 6 nitrogen and oxygen atoms in total. The number of amides is 1. The van der Waals surface area contributed by atoms with Gasteiger partial charge in [-0.15, -0.1) is 10.2 Å². The van der Waals surface area contributed by atoms with Crippen molar-refractivity contribution >= 4 is 39.3 Å². The molecule has 3 aromatic rings. The number of nitrogens with one attached hydrogen (secondary N) is 1. The summed E-state index contributed by atoms with van der Waals surface area (Å²) in [4.78, 5) is 12.0. The molecule has 23 heavy (non-hydrogen) atoms. The second kappa shape index (κ2) is 7.01. The Balaban J connectivity index is 1.55. The van der Waals surface area contributed by atoms with Crippen molar-refractivity contribution in [3.63, 3.8) is 0 Å². The Kier molecular flexibility index (Phi) is 4.82. The third kappa shape index (κ3) is 4.02. The smallest absolute Gasteiger partial charge is 0.284 e. The number of aromatic nitrogens is 2. The number of hydrogen-bond donors (Lipinski definition) is 1. The van der Waals surface area contributed by atoms with Gasteiger partial charge in [-0.25, -0.2) is 0 Å². The molecule has 0 fully saturated rings. The Morgan fingerprint density at radius 2 is 2.22 bits per heavy atom. The topological polar surface area (TPSA) is 81.2 Å². The summed E-state index contributed by atoms with van der Waals surface area (Å²) in [5.74, 6) is 0.824. The third-order valence-electron chi connectivity index (χ3n) is 2.91. The van der Waals surface area contributed by atoms with Crippen LogP contribution in [-0.2, 0) is 4.79 Å². The molecule has 1 amide bonds. The van der Waals surface area contributed by atoms with Crippen molar-refractivity contribution in [2.75, 3.05) is 11.1 Å². The number of carbonyl (C=O) groups excluding carboxylic acids is 1. The van der Waals surface area contributed by atoms with E-state index in [2.05, 4.69) is 31.4 Å². The van der Waals surface area contributed by atoms with E-state index < -0.39 is 0 Å². The van der Waals surface area contributed by atoms with E-state index in [0.717, 1.165) is 15.7 Å². The fourth-order valence-corrected chi connectivity index (χ4v) is 2.62. The monoisotopic (exact) mass is 393 g/mol. The van der Waals surface area contributed by atoms with Crippen molar-refractivity contribution in [3.8, 4) is 11.7 Å². The number of nitrogens with zero attached hydrogens (tertiary/aromatic N) is 2. The van der Waals surface area contributed by atoms with Crippen molar-refractivity contribution in [3.05, 3.63) is 46.6 Å². The molecule has 118 valence electrons. The van der Waals surface area contributed by atoms with Crippen LogP contribution in [0.25, 0.3) is 11.7 Å². The van der Waals surface area contributed by atoms with E-state index in [1.807, 2.05) is 25.1 Å². The summed E-state index contributed by atoms with van der Waals surface area (Å²) in [6.07, 6.45) is 1.53. The zero-order valence-electron chi connectivity index (χ0n) is 12.1. The summed E-state index contributed by atoms with van der Waals surface area (Å²) in [5, 5.41) is 10.9. The molecule has 0 atom stereocenters. The standard InChI is InChI=1S/C15H12BrN3O3S/c1-9-7-10(4-5-11(9)16)17-13(20)8-23-15-19-18-14(22-15)12-3-2-6-21-12/h2-7H,8H2,1H3,(H,17,20). The molecule has 0 bridgehead atoms. The maximum Gasteiger partial charge on any atom is 0.284 e. The van der Waals surface area contributed by atoms with Crippen molar-refractivity contribution < 1.29 is 13.6 Å². The van der Waals surface area contributed by atoms with Crippen LogP contribution < -0.4 is 5.32 Å². The van der Waals surface area contributed by atoms with Crippen LogP contribution in [0.4, 0.5) is 5.69 Å². The molecule has 0 aliphatic rings. The van der Waals surface area contributed by atoms with Crippen LogP contribution >= 0.6 is 27.7 Å². The summed E-state index contributed by atoms with van der Waals surface area (Å²) in [7, 11) is 0. The van der Waals surface area contributed by atoms with Crippen molar-refractivity contribution in [1.29, 1.82) is 0 Å². The number of hydrogen-bond acceptors (Lipinski definition) is 6. The maximum absolute atomic E-state index is 12.0. The van der Waals surface area contributed by atoms with Gasteiger partial charge in [-0.05, 0) is 42.8 Å². The van der Waals surface area contributed by atoms with Gasteiger partial charge in [0.15, 0.2) is 5.76 Å². The third-order valence-corrected chi connectivity index (χ3v) is 4.62. The molecular weight excluding hydrogens is 382 g/mol. The van der Waals surface area contributed by atoms with E-state index in [0.29, 0.717) is 16.9 Å². The first-order valence-electron chi connectivity index (χ1n) is 6.68. The summed E-state index contributed by atoms with van der Waals surface area (Å²) in [6, 6.07) is 9.09. The predicted octanol–water partition coefficient (Wildman–Crippen LogP) is 4.13. The second-order valence-electron chi connectivity index (χ2n) is 4.65. The van der Waals surface area contributed by atoms with E-state index in [1.165, 1.54) is 18.0 Å². The van der Waals surface area contributed by atoms with Gasteiger partial charge in [-0.3, -0.25) is 4.79 Å².